The fraction of sp³-hybridized carbons (Fsp3) is 0.455. The first-order valence-electron chi connectivity index (χ1n) is 10.6. The van der Waals surface area contributed by atoms with Crippen molar-refractivity contribution in [1.29, 1.82) is 0 Å². The van der Waals surface area contributed by atoms with Crippen LogP contribution in [0.25, 0.3) is 0 Å². The first-order chi connectivity index (χ1) is 14.5. The van der Waals surface area contributed by atoms with E-state index in [-0.39, 0.29) is 18.4 Å². The molecule has 0 radical (unpaired) electrons. The monoisotopic (exact) mass is 411 g/mol. The van der Waals surface area contributed by atoms with Crippen molar-refractivity contribution >= 4 is 23.2 Å². The number of carbonyl (C=O) groups is 1. The number of hydrogen-bond donors (Lipinski definition) is 5. The van der Waals surface area contributed by atoms with Gasteiger partial charge in [-0.2, -0.15) is 0 Å². The lowest BCUT2D eigenvalue weighted by atomic mass is 9.87. The Bertz CT molecular complexity index is 837. The third kappa shape index (κ3) is 5.40. The van der Waals surface area contributed by atoms with Gasteiger partial charge in [-0.3, -0.25) is 9.69 Å². The number of hydrogen-bond acceptors (Lipinski definition) is 7. The minimum absolute atomic E-state index is 0.0115. The van der Waals surface area contributed by atoms with Gasteiger partial charge in [0.05, 0.1) is 12.2 Å². The van der Waals surface area contributed by atoms with Gasteiger partial charge in [-0.1, -0.05) is 49.6 Å². The molecule has 9 N–H and O–H groups in total. The van der Waals surface area contributed by atoms with E-state index in [4.69, 9.17) is 23.0 Å². The van der Waals surface area contributed by atoms with Crippen molar-refractivity contribution in [2.45, 2.75) is 50.5 Å². The zero-order chi connectivity index (χ0) is 21.5. The van der Waals surface area contributed by atoms with Crippen LogP contribution in [0.15, 0.2) is 36.4 Å². The molecular weight excluding hydrogens is 378 g/mol. The molecule has 1 amide bonds. The number of aromatic nitrogens is 1. The average Bonchev–Trinajstić information content (AvgIpc) is 2.76. The molecule has 162 valence electrons. The van der Waals surface area contributed by atoms with Gasteiger partial charge in [0.1, 0.15) is 5.82 Å². The zero-order valence-corrected chi connectivity index (χ0v) is 17.4. The number of primary amides is 1. The number of amides is 1. The second-order valence-electron chi connectivity index (χ2n) is 8.02. The van der Waals surface area contributed by atoms with Crippen LogP contribution in [0.4, 0.5) is 17.3 Å². The number of hydrazine groups is 1. The highest BCUT2D eigenvalue weighted by atomic mass is 16.1. The summed E-state index contributed by atoms with van der Waals surface area (Å²) in [6.07, 6.45) is 6.63. The lowest BCUT2D eigenvalue weighted by Crippen LogP contribution is -2.43. The number of nitrogens with one attached hydrogen (secondary N) is 1. The van der Waals surface area contributed by atoms with E-state index in [0.29, 0.717) is 23.4 Å². The first kappa shape index (κ1) is 21.9. The lowest BCUT2D eigenvalue weighted by Gasteiger charge is -2.34. The number of benzene rings is 1. The molecule has 1 aromatic carbocycles. The number of rotatable bonds is 9. The Hall–Kier alpha value is -2.84. The maximum absolute atomic E-state index is 11.7. The van der Waals surface area contributed by atoms with E-state index in [2.05, 4.69) is 27.4 Å². The molecule has 8 heteroatoms. The largest absolute Gasteiger partial charge is 0.395 e. The van der Waals surface area contributed by atoms with Gasteiger partial charge in [-0.15, -0.1) is 0 Å². The van der Waals surface area contributed by atoms with E-state index in [1.54, 1.807) is 0 Å². The summed E-state index contributed by atoms with van der Waals surface area (Å²) in [5.41, 5.74) is 23.0. The molecule has 1 aromatic heterocycles. The Morgan fingerprint density at radius 3 is 2.50 bits per heavy atom. The average molecular weight is 412 g/mol. The number of pyridine rings is 1. The smallest absolute Gasteiger partial charge is 0.231 e. The molecule has 1 atom stereocenters. The van der Waals surface area contributed by atoms with Crippen LogP contribution in [-0.4, -0.2) is 34.9 Å². The molecule has 0 spiro atoms. The molecule has 1 aliphatic carbocycles. The highest BCUT2D eigenvalue weighted by Crippen LogP contribution is 2.36. The lowest BCUT2D eigenvalue weighted by molar-refractivity contribution is -0.119. The van der Waals surface area contributed by atoms with Crippen LogP contribution in [0.1, 0.15) is 55.6 Å². The van der Waals surface area contributed by atoms with E-state index in [1.807, 2.05) is 24.3 Å². The predicted molar refractivity (Wildman–Crippen MR) is 121 cm³/mol. The fourth-order valence-electron chi connectivity index (χ4n) is 4.51. The van der Waals surface area contributed by atoms with Crippen LogP contribution in [0, 0.1) is 0 Å². The summed E-state index contributed by atoms with van der Waals surface area (Å²) in [4.78, 5) is 18.2. The molecule has 0 bridgehead atoms. The minimum atomic E-state index is -0.292. The second kappa shape index (κ2) is 10.3. The third-order valence-electron chi connectivity index (χ3n) is 5.98. The van der Waals surface area contributed by atoms with E-state index in [0.717, 1.165) is 36.9 Å². The molecule has 1 saturated carbocycles. The molecule has 1 unspecified atom stereocenters. The Labute approximate surface area is 178 Å². The van der Waals surface area contributed by atoms with Gasteiger partial charge in [0, 0.05) is 12.0 Å². The molecule has 3 rings (SSSR count). The van der Waals surface area contributed by atoms with Gasteiger partial charge in [0.25, 0.3) is 0 Å². The van der Waals surface area contributed by atoms with Crippen molar-refractivity contribution in [3.05, 3.63) is 47.5 Å². The summed E-state index contributed by atoms with van der Waals surface area (Å²) in [5.74, 6) is 6.01. The summed E-state index contributed by atoms with van der Waals surface area (Å²) in [5, 5.41) is 0. The molecule has 1 aliphatic rings. The molecule has 1 heterocycles. The minimum Gasteiger partial charge on any atom is -0.395 e. The Kier molecular flexibility index (Phi) is 7.48. The summed E-state index contributed by atoms with van der Waals surface area (Å²) in [6.45, 7) is 1.01. The Morgan fingerprint density at radius 1 is 1.17 bits per heavy atom. The molecule has 2 aromatic rings. The fourth-order valence-corrected chi connectivity index (χ4v) is 4.51. The maximum Gasteiger partial charge on any atom is 0.231 e. The standard InChI is InChI=1S/C22H33N7O/c23-19-13-18(21(25)22(27-19)28-26)17(15-7-3-1-4-8-15)11-12-29(14-20(24)30)16-9-5-2-6-10-16/h1,3-4,7-8,13,16-17H,2,5-6,9-12,14,25-26H2,(H2,24,30)(H3,23,27,28). The van der Waals surface area contributed by atoms with Crippen LogP contribution in [0.3, 0.4) is 0 Å². The number of nitrogen functional groups attached to an aromatic ring is 3. The number of carbonyl (C=O) groups excluding carboxylic acids is 1. The second-order valence-corrected chi connectivity index (χ2v) is 8.02. The summed E-state index contributed by atoms with van der Waals surface area (Å²) in [6, 6.07) is 12.4. The third-order valence-corrected chi connectivity index (χ3v) is 5.98. The zero-order valence-electron chi connectivity index (χ0n) is 17.4. The SMILES string of the molecule is NNc1nc(N)cc(C(CCN(CC(N)=O)C2CCCCC2)c2ccccc2)c1N. The molecule has 8 nitrogen and oxygen atoms in total. The highest BCUT2D eigenvalue weighted by Gasteiger charge is 2.25. The molecule has 0 aliphatic heterocycles. The van der Waals surface area contributed by atoms with Gasteiger partial charge in [0.15, 0.2) is 5.82 Å². The van der Waals surface area contributed by atoms with Gasteiger partial charge in [-0.05, 0) is 43.0 Å². The predicted octanol–water partition coefficient (Wildman–Crippen LogP) is 2.17. The normalized spacial score (nSPS) is 15.8. The van der Waals surface area contributed by atoms with Crippen molar-refractivity contribution in [2.24, 2.45) is 11.6 Å². The van der Waals surface area contributed by atoms with Crippen molar-refractivity contribution in [1.82, 2.24) is 9.88 Å². The van der Waals surface area contributed by atoms with Gasteiger partial charge in [-0.25, -0.2) is 10.8 Å². The highest BCUT2D eigenvalue weighted by molar-refractivity contribution is 5.76. The summed E-state index contributed by atoms with van der Waals surface area (Å²) in [7, 11) is 0. The molecule has 30 heavy (non-hydrogen) atoms. The van der Waals surface area contributed by atoms with Crippen molar-refractivity contribution in [3.63, 3.8) is 0 Å². The van der Waals surface area contributed by atoms with Crippen LogP contribution in [0.2, 0.25) is 0 Å². The van der Waals surface area contributed by atoms with Crippen molar-refractivity contribution < 1.29 is 4.79 Å². The summed E-state index contributed by atoms with van der Waals surface area (Å²) >= 11 is 0. The molecule has 0 saturated heterocycles. The maximum atomic E-state index is 11.7. The topological polar surface area (TPSA) is 149 Å². The van der Waals surface area contributed by atoms with E-state index >= 15 is 0 Å². The van der Waals surface area contributed by atoms with Crippen LogP contribution in [-0.2, 0) is 4.79 Å². The quantitative estimate of drug-likeness (QED) is 0.313. The van der Waals surface area contributed by atoms with Gasteiger partial charge < -0.3 is 22.6 Å². The number of nitrogens with zero attached hydrogens (tertiary/aromatic N) is 2. The number of anilines is 3. The Morgan fingerprint density at radius 2 is 1.87 bits per heavy atom. The Balaban J connectivity index is 1.90. The molecule has 1 fully saturated rings. The first-order valence-corrected chi connectivity index (χ1v) is 10.6. The van der Waals surface area contributed by atoms with Crippen molar-refractivity contribution in [2.75, 3.05) is 30.0 Å². The van der Waals surface area contributed by atoms with Crippen LogP contribution in [0.5, 0.6) is 0 Å². The van der Waals surface area contributed by atoms with Crippen molar-refractivity contribution in [3.8, 4) is 0 Å². The summed E-state index contributed by atoms with van der Waals surface area (Å²) < 4.78 is 0. The van der Waals surface area contributed by atoms with E-state index in [1.165, 1.54) is 19.3 Å². The van der Waals surface area contributed by atoms with E-state index in [9.17, 15) is 4.79 Å². The van der Waals surface area contributed by atoms with Gasteiger partial charge >= 0.3 is 0 Å². The molecular formula is C22H33N7O. The van der Waals surface area contributed by atoms with Gasteiger partial charge in [0.2, 0.25) is 5.91 Å². The van der Waals surface area contributed by atoms with E-state index < -0.39 is 0 Å². The van der Waals surface area contributed by atoms with Crippen LogP contribution >= 0.6 is 0 Å². The van der Waals surface area contributed by atoms with Crippen LogP contribution < -0.4 is 28.5 Å². The number of nitrogens with two attached hydrogens (primary N) is 4.